The largest absolute Gasteiger partial charge is 0.480 e. The molecule has 0 bridgehead atoms. The summed E-state index contributed by atoms with van der Waals surface area (Å²) < 4.78 is 21.7. The van der Waals surface area contributed by atoms with Gasteiger partial charge in [0, 0.05) is 5.75 Å². The maximum Gasteiger partial charge on any atom is 0.321 e. The molecule has 0 aliphatic heterocycles. The van der Waals surface area contributed by atoms with E-state index in [1.807, 2.05) is 0 Å². The van der Waals surface area contributed by atoms with E-state index in [4.69, 9.17) is 10.8 Å². The number of rotatable bonds is 5. The maximum absolute atomic E-state index is 10.8. The van der Waals surface area contributed by atoms with Crippen LogP contribution in [0.4, 0.5) is 0 Å². The fraction of sp³-hybridized carbons (Fsp3) is 0.800. The predicted octanol–water partition coefficient (Wildman–Crippen LogP) is -0.519. The molecular formula is C5H11NO4S2. The van der Waals surface area contributed by atoms with Crippen LogP contribution in [0.1, 0.15) is 6.92 Å². The van der Waals surface area contributed by atoms with E-state index in [0.717, 1.165) is 0 Å². The number of carboxylic acid groups (broad SMARTS) is 1. The molecule has 0 saturated heterocycles. The van der Waals surface area contributed by atoms with Gasteiger partial charge in [-0.15, -0.1) is 0 Å². The monoisotopic (exact) mass is 213 g/mol. The van der Waals surface area contributed by atoms with Crippen molar-refractivity contribution in [3.05, 3.63) is 0 Å². The van der Waals surface area contributed by atoms with Crippen LogP contribution in [0.3, 0.4) is 0 Å². The molecule has 0 aromatic heterocycles. The summed E-state index contributed by atoms with van der Waals surface area (Å²) in [4.78, 5) is 10.2. The fourth-order valence-corrected chi connectivity index (χ4v) is 2.56. The van der Waals surface area contributed by atoms with Gasteiger partial charge in [0.15, 0.2) is 0 Å². The van der Waals surface area contributed by atoms with Crippen LogP contribution in [0, 0.1) is 0 Å². The van der Waals surface area contributed by atoms with Crippen LogP contribution in [-0.2, 0) is 13.7 Å². The van der Waals surface area contributed by atoms with Gasteiger partial charge in [0.25, 0.3) is 0 Å². The second-order valence-corrected chi connectivity index (χ2v) is 6.57. The Labute approximate surface area is 74.6 Å². The second kappa shape index (κ2) is 4.68. The van der Waals surface area contributed by atoms with Gasteiger partial charge in [0.1, 0.15) is 6.04 Å². The summed E-state index contributed by atoms with van der Waals surface area (Å²) in [6.45, 7) is 1.49. The minimum absolute atomic E-state index is 0.00991. The van der Waals surface area contributed by atoms with Crippen LogP contribution in [0.2, 0.25) is 0 Å². The Morgan fingerprint density at radius 1 is 1.67 bits per heavy atom. The third kappa shape index (κ3) is 4.58. The van der Waals surface area contributed by atoms with E-state index in [1.165, 1.54) is 6.92 Å². The lowest BCUT2D eigenvalue weighted by Gasteiger charge is -2.04. The Kier molecular flexibility index (Phi) is 4.58. The SMILES string of the molecule is CCS(=O)(=O)SC[C@H](N)C(=O)O. The standard InChI is InChI=1S/C5H11NO4S2/c1-2-12(9,10)11-3-4(6)5(7)8/h4H,2-3,6H2,1H3,(H,7,8)/t4-/m0/s1. The summed E-state index contributed by atoms with van der Waals surface area (Å²) >= 11 is 0. The summed E-state index contributed by atoms with van der Waals surface area (Å²) in [6, 6.07) is -1.11. The van der Waals surface area contributed by atoms with Crippen molar-refractivity contribution in [2.45, 2.75) is 13.0 Å². The summed E-state index contributed by atoms with van der Waals surface area (Å²) in [5.74, 6) is -1.30. The van der Waals surface area contributed by atoms with Gasteiger partial charge in [0.2, 0.25) is 8.87 Å². The second-order valence-electron chi connectivity index (χ2n) is 2.08. The first-order valence-electron chi connectivity index (χ1n) is 3.24. The minimum atomic E-state index is -3.17. The molecule has 0 aliphatic carbocycles. The van der Waals surface area contributed by atoms with Crippen molar-refractivity contribution in [3.63, 3.8) is 0 Å². The molecule has 0 aromatic carbocycles. The van der Waals surface area contributed by atoms with Gasteiger partial charge in [-0.3, -0.25) is 4.79 Å². The molecule has 0 aliphatic rings. The van der Waals surface area contributed by atoms with E-state index in [1.54, 1.807) is 0 Å². The highest BCUT2D eigenvalue weighted by atomic mass is 33.1. The Morgan fingerprint density at radius 2 is 2.17 bits per heavy atom. The maximum atomic E-state index is 10.8. The topological polar surface area (TPSA) is 97.5 Å². The first kappa shape index (κ1) is 11.7. The molecule has 3 N–H and O–H groups in total. The first-order valence-corrected chi connectivity index (χ1v) is 6.40. The molecule has 0 unspecified atom stereocenters. The van der Waals surface area contributed by atoms with Crippen LogP contribution >= 0.6 is 10.8 Å². The van der Waals surface area contributed by atoms with Crippen molar-refractivity contribution in [1.29, 1.82) is 0 Å². The summed E-state index contributed by atoms with van der Waals surface area (Å²) in [5.41, 5.74) is 5.09. The molecule has 0 spiro atoms. The van der Waals surface area contributed by atoms with Crippen molar-refractivity contribution in [2.24, 2.45) is 5.73 Å². The fourth-order valence-electron chi connectivity index (χ4n) is 0.332. The molecule has 1 atom stereocenters. The van der Waals surface area contributed by atoms with E-state index in [9.17, 15) is 13.2 Å². The van der Waals surface area contributed by atoms with Crippen molar-refractivity contribution in [2.75, 3.05) is 11.5 Å². The lowest BCUT2D eigenvalue weighted by molar-refractivity contribution is -0.137. The van der Waals surface area contributed by atoms with Crippen LogP contribution in [0.5, 0.6) is 0 Å². The molecule has 0 heterocycles. The number of carbonyl (C=O) groups is 1. The molecule has 7 heteroatoms. The molecule has 0 amide bonds. The Balaban J connectivity index is 3.92. The number of hydrogen-bond donors (Lipinski definition) is 2. The zero-order valence-electron chi connectivity index (χ0n) is 6.56. The average Bonchev–Trinajstić information content (AvgIpc) is 2.00. The van der Waals surface area contributed by atoms with Gasteiger partial charge in [-0.25, -0.2) is 8.42 Å². The number of carboxylic acids is 1. The number of hydrogen-bond acceptors (Lipinski definition) is 5. The van der Waals surface area contributed by atoms with E-state index in [0.29, 0.717) is 10.8 Å². The van der Waals surface area contributed by atoms with Crippen LogP contribution in [0.25, 0.3) is 0 Å². The lowest BCUT2D eigenvalue weighted by atomic mass is 10.4. The Hall–Kier alpha value is -0.270. The smallest absolute Gasteiger partial charge is 0.321 e. The summed E-state index contributed by atoms with van der Waals surface area (Å²) in [6.07, 6.45) is 0. The van der Waals surface area contributed by atoms with E-state index >= 15 is 0 Å². The predicted molar refractivity (Wildman–Crippen MR) is 47.5 cm³/mol. The minimum Gasteiger partial charge on any atom is -0.480 e. The van der Waals surface area contributed by atoms with E-state index < -0.39 is 20.9 Å². The van der Waals surface area contributed by atoms with Gasteiger partial charge in [0.05, 0.1) is 5.75 Å². The molecule has 0 fully saturated rings. The van der Waals surface area contributed by atoms with Crippen LogP contribution in [-0.4, -0.2) is 37.0 Å². The quantitative estimate of drug-likeness (QED) is 0.596. The zero-order valence-corrected chi connectivity index (χ0v) is 8.19. The molecule has 0 rings (SSSR count). The van der Waals surface area contributed by atoms with E-state index in [2.05, 4.69) is 0 Å². The van der Waals surface area contributed by atoms with Gasteiger partial charge in [-0.1, -0.05) is 6.92 Å². The van der Waals surface area contributed by atoms with Gasteiger partial charge >= 0.3 is 5.97 Å². The Bertz CT molecular complexity index is 248. The highest BCUT2D eigenvalue weighted by Crippen LogP contribution is 2.13. The highest BCUT2D eigenvalue weighted by molar-refractivity contribution is 8.72. The van der Waals surface area contributed by atoms with Gasteiger partial charge < -0.3 is 10.8 Å². The normalized spacial score (nSPS) is 14.2. The van der Waals surface area contributed by atoms with Crippen molar-refractivity contribution in [1.82, 2.24) is 0 Å². The molecular weight excluding hydrogens is 202 g/mol. The molecule has 0 saturated carbocycles. The lowest BCUT2D eigenvalue weighted by Crippen LogP contribution is -2.32. The molecule has 72 valence electrons. The van der Waals surface area contributed by atoms with E-state index in [-0.39, 0.29) is 11.5 Å². The Morgan fingerprint density at radius 3 is 2.50 bits per heavy atom. The third-order valence-corrected chi connectivity index (χ3v) is 4.85. The number of aliphatic carboxylic acids is 1. The van der Waals surface area contributed by atoms with Crippen LogP contribution < -0.4 is 5.73 Å². The average molecular weight is 213 g/mol. The van der Waals surface area contributed by atoms with Gasteiger partial charge in [-0.05, 0) is 10.8 Å². The molecule has 0 radical (unpaired) electrons. The zero-order chi connectivity index (χ0) is 9.78. The molecule has 12 heavy (non-hydrogen) atoms. The van der Waals surface area contributed by atoms with Gasteiger partial charge in [-0.2, -0.15) is 0 Å². The number of nitrogens with two attached hydrogens (primary N) is 1. The first-order chi connectivity index (χ1) is 5.39. The molecule has 0 aromatic rings. The van der Waals surface area contributed by atoms with Crippen LogP contribution in [0.15, 0.2) is 0 Å². The van der Waals surface area contributed by atoms with Crippen molar-refractivity contribution in [3.8, 4) is 0 Å². The summed E-state index contributed by atoms with van der Waals surface area (Å²) in [7, 11) is -2.59. The molecule has 5 nitrogen and oxygen atoms in total. The highest BCUT2D eigenvalue weighted by Gasteiger charge is 2.16. The van der Waals surface area contributed by atoms with Crippen molar-refractivity contribution >= 4 is 25.6 Å². The summed E-state index contributed by atoms with van der Waals surface area (Å²) in [5, 5.41) is 8.32. The van der Waals surface area contributed by atoms with Crippen molar-refractivity contribution < 1.29 is 18.3 Å². The third-order valence-electron chi connectivity index (χ3n) is 1.10.